The van der Waals surface area contributed by atoms with Gasteiger partial charge in [0.05, 0.1) is 26.9 Å². The first-order chi connectivity index (χ1) is 21.4. The number of aromatic nitrogens is 2. The van der Waals surface area contributed by atoms with Crippen LogP contribution in [0.5, 0.6) is 11.5 Å². The molecule has 9 nitrogen and oxygen atoms in total. The van der Waals surface area contributed by atoms with Crippen molar-refractivity contribution in [3.63, 3.8) is 0 Å². The van der Waals surface area contributed by atoms with Crippen LogP contribution >= 0.6 is 0 Å². The molecule has 1 aromatic heterocycles. The molecule has 230 valence electrons. The molecule has 5 atom stereocenters. The van der Waals surface area contributed by atoms with Gasteiger partial charge in [0.25, 0.3) is 5.56 Å². The van der Waals surface area contributed by atoms with Gasteiger partial charge >= 0.3 is 5.69 Å². The van der Waals surface area contributed by atoms with Crippen molar-refractivity contribution in [2.24, 2.45) is 11.8 Å². The maximum absolute atomic E-state index is 12.8. The summed E-state index contributed by atoms with van der Waals surface area (Å²) in [7, 11) is 3.26. The van der Waals surface area contributed by atoms with Crippen LogP contribution in [-0.2, 0) is 15.1 Å². The van der Waals surface area contributed by atoms with Gasteiger partial charge < -0.3 is 24.1 Å². The molecule has 2 heterocycles. The van der Waals surface area contributed by atoms with Crippen molar-refractivity contribution in [3.8, 4) is 11.5 Å². The van der Waals surface area contributed by atoms with Crippen LogP contribution in [0.4, 0.5) is 0 Å². The Labute approximate surface area is 256 Å². The third-order valence-corrected chi connectivity index (χ3v) is 9.46. The molecule has 1 aliphatic carbocycles. The summed E-state index contributed by atoms with van der Waals surface area (Å²) in [5, 5.41) is 12.0. The van der Waals surface area contributed by atoms with E-state index in [-0.39, 0.29) is 18.4 Å². The minimum Gasteiger partial charge on any atom is -0.497 e. The van der Waals surface area contributed by atoms with E-state index in [9.17, 15) is 14.7 Å². The van der Waals surface area contributed by atoms with Gasteiger partial charge in [-0.15, -0.1) is 0 Å². The summed E-state index contributed by atoms with van der Waals surface area (Å²) in [4.78, 5) is 27.0. The fourth-order valence-corrected chi connectivity index (χ4v) is 7.15. The Morgan fingerprint density at radius 3 is 2.02 bits per heavy atom. The van der Waals surface area contributed by atoms with E-state index < -0.39 is 34.8 Å². The van der Waals surface area contributed by atoms with Crippen molar-refractivity contribution in [1.82, 2.24) is 9.55 Å². The minimum atomic E-state index is -1.10. The molecule has 1 saturated heterocycles. The van der Waals surface area contributed by atoms with Crippen LogP contribution in [0.3, 0.4) is 0 Å². The number of aromatic amines is 1. The molecule has 4 aromatic rings. The molecular weight excluding hydrogens is 560 g/mol. The molecule has 1 saturated carbocycles. The van der Waals surface area contributed by atoms with Gasteiger partial charge in [0.1, 0.15) is 28.9 Å². The van der Waals surface area contributed by atoms with Crippen LogP contribution in [0.15, 0.2) is 101 Å². The predicted molar refractivity (Wildman–Crippen MR) is 165 cm³/mol. The minimum absolute atomic E-state index is 0.0302. The summed E-state index contributed by atoms with van der Waals surface area (Å²) in [5.74, 6) is 1.05. The van der Waals surface area contributed by atoms with E-state index >= 15 is 0 Å². The highest BCUT2D eigenvalue weighted by molar-refractivity contribution is 5.49. The van der Waals surface area contributed by atoms with Crippen molar-refractivity contribution < 1.29 is 24.1 Å². The average molecular weight is 599 g/mol. The second kappa shape index (κ2) is 12.1. The van der Waals surface area contributed by atoms with Gasteiger partial charge in [-0.3, -0.25) is 14.3 Å². The number of nitrogens with zero attached hydrogens (tertiary/aromatic N) is 1. The number of ether oxygens (including phenoxy) is 4. The summed E-state index contributed by atoms with van der Waals surface area (Å²) in [6, 6.07) is 26.9. The highest BCUT2D eigenvalue weighted by atomic mass is 16.6. The number of H-pyrrole nitrogens is 1. The standard InChI is InChI=1S/C35H38N2O7/c1-4-23-14-19-29-31(39)34(23,44-32(29)37-21-20-30(38)36-33(37)40)22-43-35(24-8-6-5-7-9-24,25-10-15-27(41-2)16-11-25)26-12-17-28(42-3)18-13-26/h5-13,15-18,20-21,23,29,31-32,39H,4,14,19,22H2,1-3H3,(H,36,38,40)/t23?,29-,31+,32-,34+/m1/s1. The fraction of sp³-hybridized carbons (Fsp3) is 0.371. The van der Waals surface area contributed by atoms with E-state index in [2.05, 4.69) is 11.9 Å². The highest BCUT2D eigenvalue weighted by Gasteiger charge is 2.62. The number of benzene rings is 3. The van der Waals surface area contributed by atoms with Crippen molar-refractivity contribution in [1.29, 1.82) is 0 Å². The Bertz CT molecular complexity index is 1640. The molecule has 3 aromatic carbocycles. The molecule has 44 heavy (non-hydrogen) atoms. The number of methoxy groups -OCH3 is 2. The molecule has 2 aliphatic rings. The molecule has 0 amide bonds. The van der Waals surface area contributed by atoms with Crippen molar-refractivity contribution >= 4 is 0 Å². The number of hydrogen-bond donors (Lipinski definition) is 2. The number of hydrogen-bond acceptors (Lipinski definition) is 7. The van der Waals surface area contributed by atoms with Crippen LogP contribution in [0.1, 0.15) is 49.1 Å². The van der Waals surface area contributed by atoms with E-state index in [1.807, 2.05) is 78.9 Å². The van der Waals surface area contributed by atoms with Crippen molar-refractivity contribution in [3.05, 3.63) is 129 Å². The van der Waals surface area contributed by atoms with E-state index in [1.54, 1.807) is 14.2 Å². The molecule has 6 rings (SSSR count). The van der Waals surface area contributed by atoms with Gasteiger partial charge in [-0.05, 0) is 59.7 Å². The maximum atomic E-state index is 12.8. The average Bonchev–Trinajstić information content (AvgIpc) is 3.22. The quantitative estimate of drug-likeness (QED) is 0.256. The van der Waals surface area contributed by atoms with Gasteiger partial charge in [0.2, 0.25) is 0 Å². The monoisotopic (exact) mass is 598 g/mol. The maximum Gasteiger partial charge on any atom is 0.330 e. The molecule has 0 spiro atoms. The first-order valence-corrected chi connectivity index (χ1v) is 15.0. The fourth-order valence-electron chi connectivity index (χ4n) is 7.15. The summed E-state index contributed by atoms with van der Waals surface area (Å²) < 4.78 is 26.3. The lowest BCUT2D eigenvalue weighted by Crippen LogP contribution is -2.55. The Morgan fingerprint density at radius 2 is 1.48 bits per heavy atom. The largest absolute Gasteiger partial charge is 0.497 e. The van der Waals surface area contributed by atoms with Gasteiger partial charge in [-0.25, -0.2) is 4.79 Å². The Hall–Kier alpha value is -4.18. The van der Waals surface area contributed by atoms with Gasteiger partial charge in [0.15, 0.2) is 0 Å². The van der Waals surface area contributed by atoms with E-state index in [0.29, 0.717) is 17.9 Å². The summed E-state index contributed by atoms with van der Waals surface area (Å²) in [6.07, 6.45) is 2.03. The Balaban J connectivity index is 1.49. The van der Waals surface area contributed by atoms with Gasteiger partial charge in [-0.1, -0.05) is 67.9 Å². The summed E-state index contributed by atoms with van der Waals surface area (Å²) in [6.45, 7) is 2.13. The first kappa shape index (κ1) is 29.9. The zero-order valence-electron chi connectivity index (χ0n) is 25.1. The number of aliphatic hydroxyl groups is 1. The van der Waals surface area contributed by atoms with Crippen molar-refractivity contribution in [2.75, 3.05) is 20.8 Å². The van der Waals surface area contributed by atoms with Crippen LogP contribution in [0, 0.1) is 11.8 Å². The molecule has 2 N–H and O–H groups in total. The number of fused-ring (bicyclic) bond motifs is 2. The Morgan fingerprint density at radius 1 is 0.886 bits per heavy atom. The zero-order chi connectivity index (χ0) is 30.9. The smallest absolute Gasteiger partial charge is 0.330 e. The number of aliphatic hydroxyl groups excluding tert-OH is 1. The van der Waals surface area contributed by atoms with Gasteiger partial charge in [-0.2, -0.15) is 0 Å². The molecule has 2 bridgehead atoms. The van der Waals surface area contributed by atoms with Crippen LogP contribution in [0.2, 0.25) is 0 Å². The van der Waals surface area contributed by atoms with Crippen molar-refractivity contribution in [2.45, 2.75) is 49.7 Å². The lowest BCUT2D eigenvalue weighted by molar-refractivity contribution is -0.189. The first-order valence-electron chi connectivity index (χ1n) is 15.0. The molecule has 0 radical (unpaired) electrons. The molecular formula is C35H38N2O7. The Kier molecular flexibility index (Phi) is 8.20. The zero-order valence-corrected chi connectivity index (χ0v) is 25.1. The van der Waals surface area contributed by atoms with Crippen LogP contribution in [0.25, 0.3) is 0 Å². The van der Waals surface area contributed by atoms with Gasteiger partial charge in [0, 0.05) is 18.2 Å². The highest BCUT2D eigenvalue weighted by Crippen LogP contribution is 2.55. The topological polar surface area (TPSA) is 112 Å². The van der Waals surface area contributed by atoms with E-state index in [0.717, 1.165) is 29.5 Å². The summed E-state index contributed by atoms with van der Waals surface area (Å²) >= 11 is 0. The lowest BCUT2D eigenvalue weighted by Gasteiger charge is -2.45. The van der Waals surface area contributed by atoms with E-state index in [1.165, 1.54) is 16.8 Å². The lowest BCUT2D eigenvalue weighted by atomic mass is 9.69. The number of nitrogens with one attached hydrogen (secondary N) is 1. The second-order valence-electron chi connectivity index (χ2n) is 11.6. The third-order valence-electron chi connectivity index (χ3n) is 9.46. The predicted octanol–water partition coefficient (Wildman–Crippen LogP) is 4.63. The SMILES string of the molecule is CCC1CC[C@H]2[C@H](n3ccc(=O)[nH]c3=O)O[C@]1(COC(c1ccccc1)(c1ccc(OC)cc1)c1ccc(OC)cc1)[C@H]2O. The molecule has 1 aliphatic heterocycles. The van der Waals surface area contributed by atoms with Crippen LogP contribution < -0.4 is 20.7 Å². The normalized spacial score (nSPS) is 24.6. The summed E-state index contributed by atoms with van der Waals surface area (Å²) in [5.41, 5.74) is -0.620. The molecule has 1 unspecified atom stereocenters. The molecule has 2 fully saturated rings. The van der Waals surface area contributed by atoms with Crippen LogP contribution in [-0.4, -0.2) is 47.2 Å². The number of rotatable bonds is 10. The second-order valence-corrected chi connectivity index (χ2v) is 11.6. The van der Waals surface area contributed by atoms with E-state index in [4.69, 9.17) is 18.9 Å². The molecule has 9 heteroatoms. The third kappa shape index (κ3) is 4.95.